The minimum atomic E-state index is -0.170. The highest BCUT2D eigenvalue weighted by Gasteiger charge is 2.12. The van der Waals surface area contributed by atoms with Gasteiger partial charge in [0.25, 0.3) is 0 Å². The zero-order valence-electron chi connectivity index (χ0n) is 11.2. The van der Waals surface area contributed by atoms with Crippen LogP contribution < -0.4 is 5.32 Å². The van der Waals surface area contributed by atoms with Crippen molar-refractivity contribution in [3.63, 3.8) is 0 Å². The van der Waals surface area contributed by atoms with Crippen LogP contribution in [0.1, 0.15) is 26.3 Å². The fourth-order valence-electron chi connectivity index (χ4n) is 1.75. The highest BCUT2D eigenvalue weighted by Crippen LogP contribution is 2.19. The van der Waals surface area contributed by atoms with Crippen LogP contribution in [-0.2, 0) is 6.42 Å². The van der Waals surface area contributed by atoms with Crippen LogP contribution in [0.2, 0.25) is 5.02 Å². The van der Waals surface area contributed by atoms with Crippen molar-refractivity contribution in [3.05, 3.63) is 34.6 Å². The van der Waals surface area contributed by atoms with E-state index in [4.69, 9.17) is 11.6 Å². The van der Waals surface area contributed by atoms with E-state index in [0.717, 1.165) is 12.3 Å². The Balaban J connectivity index is 2.66. The van der Waals surface area contributed by atoms with Crippen molar-refractivity contribution in [2.45, 2.75) is 38.5 Å². The summed E-state index contributed by atoms with van der Waals surface area (Å²) in [4.78, 5) is 0. The normalized spacial score (nSPS) is 13.0. The summed E-state index contributed by atoms with van der Waals surface area (Å²) < 4.78 is 13.7. The largest absolute Gasteiger partial charge is 0.313 e. The van der Waals surface area contributed by atoms with E-state index in [-0.39, 0.29) is 11.9 Å². The Morgan fingerprint density at radius 3 is 2.72 bits per heavy atom. The van der Waals surface area contributed by atoms with Crippen molar-refractivity contribution < 1.29 is 4.39 Å². The van der Waals surface area contributed by atoms with Crippen molar-refractivity contribution in [2.24, 2.45) is 0 Å². The molecule has 0 saturated carbocycles. The summed E-state index contributed by atoms with van der Waals surface area (Å²) in [6.45, 7) is 7.31. The van der Waals surface area contributed by atoms with Crippen molar-refractivity contribution in [1.82, 2.24) is 5.32 Å². The Morgan fingerprint density at radius 1 is 1.39 bits per heavy atom. The number of rotatable bonds is 7. The monoisotopic (exact) mass is 289 g/mol. The molecule has 1 N–H and O–H groups in total. The first-order valence-corrected chi connectivity index (χ1v) is 7.74. The number of nitrogens with one attached hydrogen (secondary N) is 1. The maximum absolute atomic E-state index is 13.7. The van der Waals surface area contributed by atoms with Gasteiger partial charge in [-0.15, -0.1) is 0 Å². The maximum atomic E-state index is 13.7. The molecule has 0 radical (unpaired) electrons. The second-order valence-corrected chi connectivity index (χ2v) is 6.62. The maximum Gasteiger partial charge on any atom is 0.126 e. The van der Waals surface area contributed by atoms with Crippen LogP contribution in [0.5, 0.6) is 0 Å². The first-order valence-electron chi connectivity index (χ1n) is 6.31. The van der Waals surface area contributed by atoms with Crippen LogP contribution in [0.25, 0.3) is 0 Å². The first-order chi connectivity index (χ1) is 8.52. The van der Waals surface area contributed by atoms with Gasteiger partial charge < -0.3 is 5.32 Å². The molecule has 0 aliphatic carbocycles. The Hall–Kier alpha value is -0.250. The molecule has 0 aliphatic heterocycles. The zero-order chi connectivity index (χ0) is 13.5. The predicted octanol–water partition coefficient (Wildman–Crippen LogP) is 4.14. The lowest BCUT2D eigenvalue weighted by molar-refractivity contribution is 0.545. The highest BCUT2D eigenvalue weighted by molar-refractivity contribution is 7.99. The Kier molecular flexibility index (Phi) is 7.05. The van der Waals surface area contributed by atoms with Crippen molar-refractivity contribution >= 4 is 23.4 Å². The molecular formula is C14H21ClFNS. The number of hydrogen-bond acceptors (Lipinski definition) is 2. The molecule has 0 aromatic heterocycles. The fraction of sp³-hybridized carbons (Fsp3) is 0.571. The lowest BCUT2D eigenvalue weighted by Gasteiger charge is -2.19. The van der Waals surface area contributed by atoms with Gasteiger partial charge in [-0.2, -0.15) is 11.8 Å². The quantitative estimate of drug-likeness (QED) is 0.809. The van der Waals surface area contributed by atoms with E-state index in [1.54, 1.807) is 12.1 Å². The van der Waals surface area contributed by atoms with E-state index in [0.29, 0.717) is 22.3 Å². The average molecular weight is 290 g/mol. The van der Waals surface area contributed by atoms with Gasteiger partial charge in [-0.25, -0.2) is 4.39 Å². The van der Waals surface area contributed by atoms with Crippen LogP contribution in [0.15, 0.2) is 18.2 Å². The number of hydrogen-bond donors (Lipinski definition) is 1. The van der Waals surface area contributed by atoms with E-state index in [1.165, 1.54) is 6.07 Å². The van der Waals surface area contributed by atoms with Crippen LogP contribution >= 0.6 is 23.4 Å². The number of benzene rings is 1. The van der Waals surface area contributed by atoms with Gasteiger partial charge in [0.2, 0.25) is 0 Å². The van der Waals surface area contributed by atoms with Gasteiger partial charge in [-0.1, -0.05) is 32.4 Å². The molecule has 0 aliphatic rings. The molecule has 0 heterocycles. The molecule has 1 unspecified atom stereocenters. The summed E-state index contributed by atoms with van der Waals surface area (Å²) in [5, 5.41) is 4.59. The van der Waals surface area contributed by atoms with Gasteiger partial charge in [-0.3, -0.25) is 0 Å². The van der Waals surface area contributed by atoms with Crippen LogP contribution in [-0.4, -0.2) is 23.6 Å². The summed E-state index contributed by atoms with van der Waals surface area (Å²) in [6.07, 6.45) is 0.681. The van der Waals surface area contributed by atoms with E-state index < -0.39 is 0 Å². The second kappa shape index (κ2) is 8.03. The molecule has 1 atom stereocenters. The van der Waals surface area contributed by atoms with Crippen molar-refractivity contribution in [2.75, 3.05) is 12.3 Å². The molecule has 1 nitrogen and oxygen atoms in total. The molecule has 4 heteroatoms. The molecule has 102 valence electrons. The second-order valence-electron chi connectivity index (χ2n) is 4.58. The lowest BCUT2D eigenvalue weighted by Crippen LogP contribution is -2.34. The van der Waals surface area contributed by atoms with Crippen molar-refractivity contribution in [3.8, 4) is 0 Å². The number of thioether (sulfide) groups is 1. The molecule has 0 amide bonds. The Bertz CT molecular complexity index is 371. The van der Waals surface area contributed by atoms with Crippen LogP contribution in [0.3, 0.4) is 0 Å². The molecule has 0 fully saturated rings. The number of likely N-dealkylation sites (N-methyl/N-ethyl adjacent to an activating group) is 1. The smallest absolute Gasteiger partial charge is 0.126 e. The lowest BCUT2D eigenvalue weighted by atomic mass is 10.1. The Labute approximate surface area is 118 Å². The molecule has 0 saturated heterocycles. The van der Waals surface area contributed by atoms with E-state index >= 15 is 0 Å². The first kappa shape index (κ1) is 15.8. The third-order valence-electron chi connectivity index (χ3n) is 2.60. The minimum absolute atomic E-state index is 0.170. The van der Waals surface area contributed by atoms with E-state index in [2.05, 4.69) is 26.1 Å². The molecule has 1 aromatic carbocycles. The van der Waals surface area contributed by atoms with E-state index in [9.17, 15) is 4.39 Å². The van der Waals surface area contributed by atoms with E-state index in [1.807, 2.05) is 11.8 Å². The molecule has 1 rings (SSSR count). The van der Waals surface area contributed by atoms with Gasteiger partial charge in [-0.05, 0) is 42.0 Å². The molecule has 0 spiro atoms. The third kappa shape index (κ3) is 5.59. The van der Waals surface area contributed by atoms with Crippen molar-refractivity contribution in [1.29, 1.82) is 0 Å². The fourth-order valence-corrected chi connectivity index (χ4v) is 2.80. The summed E-state index contributed by atoms with van der Waals surface area (Å²) in [7, 11) is 0. The van der Waals surface area contributed by atoms with Gasteiger partial charge in [0.1, 0.15) is 5.82 Å². The van der Waals surface area contributed by atoms with Gasteiger partial charge in [0.05, 0.1) is 0 Å². The predicted molar refractivity (Wildman–Crippen MR) is 80.2 cm³/mol. The van der Waals surface area contributed by atoms with Gasteiger partial charge >= 0.3 is 0 Å². The van der Waals surface area contributed by atoms with Gasteiger partial charge in [0, 0.05) is 16.8 Å². The number of halogens is 2. The summed E-state index contributed by atoms with van der Waals surface area (Å²) in [5.41, 5.74) is 0.692. The topological polar surface area (TPSA) is 12.0 Å². The highest BCUT2D eigenvalue weighted by atomic mass is 35.5. The van der Waals surface area contributed by atoms with Crippen LogP contribution in [0, 0.1) is 5.82 Å². The molecule has 1 aromatic rings. The summed E-state index contributed by atoms with van der Waals surface area (Å²) in [5.74, 6) is 0.814. The van der Waals surface area contributed by atoms with Gasteiger partial charge in [0.15, 0.2) is 0 Å². The average Bonchev–Trinajstić information content (AvgIpc) is 2.31. The third-order valence-corrected chi connectivity index (χ3v) is 4.09. The standard InChI is InChI=1S/C14H21ClFNS/c1-4-17-13(9-18-10(2)3)8-11-7-12(15)5-6-14(11)16/h5-7,10,13,17H,4,8-9H2,1-3H3. The summed E-state index contributed by atoms with van der Waals surface area (Å²) in [6, 6.07) is 5.04. The zero-order valence-corrected chi connectivity index (χ0v) is 12.7. The Morgan fingerprint density at radius 2 is 2.11 bits per heavy atom. The molecule has 0 bridgehead atoms. The minimum Gasteiger partial charge on any atom is -0.313 e. The van der Waals surface area contributed by atoms with Crippen LogP contribution in [0.4, 0.5) is 4.39 Å². The SMILES string of the molecule is CCNC(CSC(C)C)Cc1cc(Cl)ccc1F. The summed E-state index contributed by atoms with van der Waals surface area (Å²) >= 11 is 7.80. The molecular weight excluding hydrogens is 269 g/mol. The molecule has 18 heavy (non-hydrogen) atoms.